The van der Waals surface area contributed by atoms with E-state index in [4.69, 9.17) is 28.9 Å². The smallest absolute Gasteiger partial charge is 0.408 e. The summed E-state index contributed by atoms with van der Waals surface area (Å²) in [6.45, 7) is 11.4. The maximum Gasteiger partial charge on any atom is 0.408 e. The minimum atomic E-state index is -0.795. The second kappa shape index (κ2) is 19.6. The zero-order chi connectivity index (χ0) is 46.6. The minimum Gasteiger partial charge on any atom is -0.493 e. The summed E-state index contributed by atoms with van der Waals surface area (Å²) in [6, 6.07) is 13.3. The first-order chi connectivity index (χ1) is 31.8. The number of methoxy groups -OCH3 is 1. The highest BCUT2D eigenvalue weighted by Gasteiger charge is 2.38. The van der Waals surface area contributed by atoms with Crippen LogP contribution in [-0.4, -0.2) is 96.9 Å². The fraction of sp³-hybridized carbons (Fsp3) is 0.392. The molecule has 0 saturated heterocycles. The third-order valence-corrected chi connectivity index (χ3v) is 12.5. The van der Waals surface area contributed by atoms with E-state index in [1.165, 1.54) is 24.5 Å². The molecule has 15 nitrogen and oxygen atoms in total. The van der Waals surface area contributed by atoms with Gasteiger partial charge in [0.2, 0.25) is 5.91 Å². The van der Waals surface area contributed by atoms with Crippen LogP contribution in [0.2, 0.25) is 0 Å². The predicted octanol–water partition coefficient (Wildman–Crippen LogP) is 8.52. The maximum absolute atomic E-state index is 14.0. The molecule has 0 aromatic heterocycles. The summed E-state index contributed by atoms with van der Waals surface area (Å²) < 4.78 is 22.9. The van der Waals surface area contributed by atoms with Crippen molar-refractivity contribution in [2.24, 2.45) is 27.7 Å². The minimum absolute atomic E-state index is 0.0224. The second-order valence-corrected chi connectivity index (χ2v) is 17.8. The van der Waals surface area contributed by atoms with Crippen molar-refractivity contribution >= 4 is 64.7 Å². The van der Waals surface area contributed by atoms with Gasteiger partial charge in [0, 0.05) is 67.8 Å². The molecule has 5 aliphatic rings. The van der Waals surface area contributed by atoms with Crippen molar-refractivity contribution in [3.8, 4) is 17.2 Å². The zero-order valence-electron chi connectivity index (χ0n) is 38.0. The van der Waals surface area contributed by atoms with E-state index >= 15 is 0 Å². The Morgan fingerprint density at radius 1 is 0.848 bits per heavy atom. The number of Topliss-reactive ketones (excluding diaryl/α,β-unsaturated/α-hetero) is 1. The molecular formula is C51H56N6O9. The quantitative estimate of drug-likeness (QED) is 0.0936. The third-order valence-electron chi connectivity index (χ3n) is 12.5. The van der Waals surface area contributed by atoms with Gasteiger partial charge in [-0.15, -0.1) is 0 Å². The van der Waals surface area contributed by atoms with Crippen LogP contribution >= 0.6 is 0 Å². The van der Waals surface area contributed by atoms with Crippen molar-refractivity contribution in [1.82, 2.24) is 15.1 Å². The molecule has 66 heavy (non-hydrogen) atoms. The van der Waals surface area contributed by atoms with Crippen molar-refractivity contribution in [3.63, 3.8) is 0 Å². The van der Waals surface area contributed by atoms with Crippen molar-refractivity contribution < 1.29 is 42.9 Å². The molecule has 1 fully saturated rings. The number of aliphatic imine (C=N–C) groups is 2. The van der Waals surface area contributed by atoms with Crippen LogP contribution in [0.15, 0.2) is 89.1 Å². The summed E-state index contributed by atoms with van der Waals surface area (Å²) >= 11 is 0. The van der Waals surface area contributed by atoms with E-state index < -0.39 is 18.1 Å². The average molecular weight is 897 g/mol. The number of aryl methyl sites for hydroxylation is 1. The van der Waals surface area contributed by atoms with Crippen LogP contribution in [0.4, 0.5) is 21.9 Å². The van der Waals surface area contributed by atoms with E-state index in [1.54, 1.807) is 60.4 Å². The van der Waals surface area contributed by atoms with E-state index in [1.807, 2.05) is 57.6 Å². The fourth-order valence-corrected chi connectivity index (χ4v) is 8.61. The number of nitrogens with zero attached hydrogens (tertiary/aromatic N) is 4. The van der Waals surface area contributed by atoms with Crippen LogP contribution in [0.25, 0.3) is 5.57 Å². The summed E-state index contributed by atoms with van der Waals surface area (Å²) in [5, 5.41) is 5.48. The number of anilines is 1. The predicted molar refractivity (Wildman–Crippen MR) is 251 cm³/mol. The summed E-state index contributed by atoms with van der Waals surface area (Å²) in [6.07, 6.45) is 12.5. The fourth-order valence-electron chi connectivity index (χ4n) is 8.61. The SMILES string of the molecule is C=CCOC(=O)N[C@H](C(=O)C[C@@H](C)C(=O)Nc1ccc(C2=CN3C(=O)c4cc(C)c(OCCCOc5cc6c(cc5OC)C(=O)N5C=C(C7CC7)C[C@H]5C=N6)cc4N=C[C@@H]3C2)cc1)C(C)C. The van der Waals surface area contributed by atoms with Crippen molar-refractivity contribution in [2.45, 2.75) is 84.3 Å². The van der Waals surface area contributed by atoms with Gasteiger partial charge in [-0.2, -0.15) is 0 Å². The summed E-state index contributed by atoms with van der Waals surface area (Å²) in [5.74, 6) is 0.491. The Hall–Kier alpha value is -7.03. The number of hydrogen-bond donors (Lipinski definition) is 2. The van der Waals surface area contributed by atoms with Crippen LogP contribution in [0, 0.1) is 24.7 Å². The second-order valence-electron chi connectivity index (χ2n) is 17.8. The molecule has 4 heterocycles. The highest BCUT2D eigenvalue weighted by Crippen LogP contribution is 2.44. The number of ketones is 1. The molecule has 0 radical (unpaired) electrons. The lowest BCUT2D eigenvalue weighted by molar-refractivity contribution is -0.127. The molecule has 4 aliphatic heterocycles. The first-order valence-electron chi connectivity index (χ1n) is 22.6. The van der Waals surface area contributed by atoms with Gasteiger partial charge in [-0.25, -0.2) is 4.79 Å². The van der Waals surface area contributed by atoms with Crippen LogP contribution in [-0.2, 0) is 14.3 Å². The number of rotatable bonds is 18. The Morgan fingerprint density at radius 3 is 2.14 bits per heavy atom. The van der Waals surface area contributed by atoms with Crippen molar-refractivity contribution in [3.05, 3.63) is 101 Å². The molecule has 0 bridgehead atoms. The lowest BCUT2D eigenvalue weighted by Gasteiger charge is -2.22. The standard InChI is InChI=1S/C51H56N6O9/c1-7-15-66-51(62)55-47(29(2)3)43(58)19-31(5)48(59)54-36-13-11-33(12-14-36)35-21-37-25-52-41-23-44(30(4)18-39(41)49(60)56(37)28-35)64-16-8-17-65-46-24-42-40(22-45(46)63-6)50(61)57-27-34(32-9-10-32)20-38(57)26-53-42/h7,11-14,18,22-29,31-32,37-38,47H,1,8-10,15-17,19-21H2,2-6H3,(H,54,59)(H,55,62)/t31-,37+,38+,47+/m1/s1. The topological polar surface area (TPSA) is 178 Å². The molecule has 3 aromatic rings. The molecular weight excluding hydrogens is 841 g/mol. The van der Waals surface area contributed by atoms with E-state index in [9.17, 15) is 24.0 Å². The average Bonchev–Trinajstić information content (AvgIpc) is 3.98. The Kier molecular flexibility index (Phi) is 13.5. The Labute approximate surface area is 384 Å². The molecule has 1 saturated carbocycles. The van der Waals surface area contributed by atoms with Crippen LogP contribution in [0.5, 0.6) is 17.2 Å². The number of alkyl carbamates (subject to hydrolysis) is 1. The van der Waals surface area contributed by atoms with Crippen LogP contribution in [0.3, 0.4) is 0 Å². The lowest BCUT2D eigenvalue weighted by atomic mass is 9.93. The summed E-state index contributed by atoms with van der Waals surface area (Å²) in [7, 11) is 1.55. The normalized spacial score (nSPS) is 19.0. The first-order valence-corrected chi connectivity index (χ1v) is 22.6. The third kappa shape index (κ3) is 9.94. The van der Waals surface area contributed by atoms with Gasteiger partial charge in [0.05, 0.1) is 61.0 Å². The van der Waals surface area contributed by atoms with Gasteiger partial charge in [0.25, 0.3) is 11.8 Å². The van der Waals surface area contributed by atoms with E-state index in [2.05, 4.69) is 17.2 Å². The molecule has 8 rings (SSSR count). The first kappa shape index (κ1) is 45.5. The summed E-state index contributed by atoms with van der Waals surface area (Å²) in [4.78, 5) is 78.6. The number of amides is 4. The Bertz CT molecular complexity index is 2560. The van der Waals surface area contributed by atoms with Gasteiger partial charge in [-0.3, -0.25) is 29.2 Å². The van der Waals surface area contributed by atoms with E-state index in [0.717, 1.165) is 23.1 Å². The Balaban J connectivity index is 0.831. The number of nitrogens with one attached hydrogen (secondary N) is 2. The van der Waals surface area contributed by atoms with Gasteiger partial charge in [0.1, 0.15) is 12.4 Å². The summed E-state index contributed by atoms with van der Waals surface area (Å²) in [5.41, 5.74) is 6.58. The van der Waals surface area contributed by atoms with Crippen molar-refractivity contribution in [2.75, 3.05) is 32.2 Å². The lowest BCUT2D eigenvalue weighted by Crippen LogP contribution is -2.45. The number of hydrogen-bond acceptors (Lipinski definition) is 11. The van der Waals surface area contributed by atoms with Crippen molar-refractivity contribution in [1.29, 1.82) is 0 Å². The van der Waals surface area contributed by atoms with E-state index in [0.29, 0.717) is 77.4 Å². The number of ether oxygens (including phenoxy) is 4. The van der Waals surface area contributed by atoms with Crippen LogP contribution < -0.4 is 24.8 Å². The number of fused-ring (bicyclic) bond motifs is 4. The zero-order valence-corrected chi connectivity index (χ0v) is 38.0. The van der Waals surface area contributed by atoms with Gasteiger partial charge >= 0.3 is 6.09 Å². The highest BCUT2D eigenvalue weighted by molar-refractivity contribution is 6.06. The van der Waals surface area contributed by atoms with Gasteiger partial charge in [-0.1, -0.05) is 45.6 Å². The molecule has 1 aliphatic carbocycles. The van der Waals surface area contributed by atoms with Gasteiger partial charge in [-0.05, 0) is 84.6 Å². The largest absolute Gasteiger partial charge is 0.493 e. The molecule has 3 aromatic carbocycles. The molecule has 15 heteroatoms. The van der Waals surface area contributed by atoms with Gasteiger partial charge in [0.15, 0.2) is 17.3 Å². The highest BCUT2D eigenvalue weighted by atomic mass is 16.5. The Morgan fingerprint density at radius 2 is 1.48 bits per heavy atom. The maximum atomic E-state index is 14.0. The van der Waals surface area contributed by atoms with E-state index in [-0.39, 0.29) is 54.5 Å². The number of carbonyl (C=O) groups is 5. The molecule has 4 atom stereocenters. The monoisotopic (exact) mass is 896 g/mol. The molecule has 2 N–H and O–H groups in total. The molecule has 0 unspecified atom stereocenters. The van der Waals surface area contributed by atoms with Crippen LogP contribution in [0.1, 0.15) is 91.1 Å². The molecule has 0 spiro atoms. The van der Waals surface area contributed by atoms with Gasteiger partial charge < -0.3 is 39.4 Å². The molecule has 344 valence electrons. The molecule has 4 amide bonds. The number of benzene rings is 3. The number of carbonyl (C=O) groups excluding carboxylic acids is 5.